The van der Waals surface area contributed by atoms with Gasteiger partial charge in [-0.1, -0.05) is 6.07 Å². The summed E-state index contributed by atoms with van der Waals surface area (Å²) in [5.74, 6) is -0.939. The summed E-state index contributed by atoms with van der Waals surface area (Å²) in [5, 5.41) is 8.85. The highest BCUT2D eigenvalue weighted by Crippen LogP contribution is 2.25. The fourth-order valence-corrected chi connectivity index (χ4v) is 2.64. The van der Waals surface area contributed by atoms with E-state index in [-0.39, 0.29) is 12.2 Å². The van der Waals surface area contributed by atoms with E-state index in [9.17, 15) is 8.78 Å². The number of aliphatic hydroxyl groups excluding tert-OH is 1. The van der Waals surface area contributed by atoms with Gasteiger partial charge >= 0.3 is 0 Å². The minimum absolute atomic E-state index is 0.161. The Morgan fingerprint density at radius 3 is 2.67 bits per heavy atom. The first kappa shape index (κ1) is 13.4. The van der Waals surface area contributed by atoms with Crippen molar-refractivity contribution in [1.29, 1.82) is 0 Å². The van der Waals surface area contributed by atoms with Crippen LogP contribution in [0.1, 0.15) is 31.2 Å². The highest BCUT2D eigenvalue weighted by Gasteiger charge is 2.25. The Hall–Kier alpha value is -1.00. The Labute approximate surface area is 106 Å². The van der Waals surface area contributed by atoms with Gasteiger partial charge < -0.3 is 5.11 Å². The van der Waals surface area contributed by atoms with Crippen molar-refractivity contribution in [2.75, 3.05) is 13.2 Å². The van der Waals surface area contributed by atoms with E-state index in [0.717, 1.165) is 32.2 Å². The maximum absolute atomic E-state index is 13.6. The lowest BCUT2D eigenvalue weighted by Gasteiger charge is -2.24. The second-order valence-electron chi connectivity index (χ2n) is 4.83. The van der Waals surface area contributed by atoms with E-state index in [0.29, 0.717) is 12.6 Å². The van der Waals surface area contributed by atoms with Crippen molar-refractivity contribution in [3.8, 4) is 0 Å². The maximum Gasteiger partial charge on any atom is 0.130 e. The molecule has 1 aliphatic heterocycles. The molecule has 1 heterocycles. The summed E-state index contributed by atoms with van der Waals surface area (Å²) in [6.45, 7) is 1.39. The molecule has 2 nitrogen and oxygen atoms in total. The van der Waals surface area contributed by atoms with E-state index in [1.165, 1.54) is 18.2 Å². The lowest BCUT2D eigenvalue weighted by molar-refractivity contribution is 0.206. The van der Waals surface area contributed by atoms with Crippen LogP contribution in [0.4, 0.5) is 8.78 Å². The zero-order valence-corrected chi connectivity index (χ0v) is 10.4. The van der Waals surface area contributed by atoms with Gasteiger partial charge in [0.05, 0.1) is 0 Å². The molecule has 1 saturated heterocycles. The summed E-state index contributed by atoms with van der Waals surface area (Å²) in [7, 11) is 0. The largest absolute Gasteiger partial charge is 0.396 e. The Morgan fingerprint density at radius 2 is 2.00 bits per heavy atom. The first-order chi connectivity index (χ1) is 8.72. The van der Waals surface area contributed by atoms with Gasteiger partial charge in [0, 0.05) is 24.8 Å². The van der Waals surface area contributed by atoms with E-state index in [2.05, 4.69) is 4.90 Å². The molecule has 0 radical (unpaired) electrons. The molecule has 2 rings (SSSR count). The minimum atomic E-state index is -0.470. The number of aliphatic hydroxyl groups is 1. The monoisotopic (exact) mass is 255 g/mol. The fraction of sp³-hybridized carbons (Fsp3) is 0.571. The second kappa shape index (κ2) is 6.25. The Balaban J connectivity index is 2.03. The predicted molar refractivity (Wildman–Crippen MR) is 66.1 cm³/mol. The molecule has 0 bridgehead atoms. The van der Waals surface area contributed by atoms with Gasteiger partial charge in [-0.15, -0.1) is 0 Å². The highest BCUT2D eigenvalue weighted by atomic mass is 19.1. The van der Waals surface area contributed by atoms with Crippen LogP contribution in [0, 0.1) is 11.6 Å². The molecule has 100 valence electrons. The van der Waals surface area contributed by atoms with Gasteiger partial charge in [-0.3, -0.25) is 4.90 Å². The Morgan fingerprint density at radius 1 is 1.28 bits per heavy atom. The van der Waals surface area contributed by atoms with Gasteiger partial charge in [-0.05, 0) is 44.4 Å². The Bertz CT molecular complexity index is 377. The van der Waals surface area contributed by atoms with Gasteiger partial charge in [0.25, 0.3) is 0 Å². The predicted octanol–water partition coefficient (Wildman–Crippen LogP) is 2.70. The van der Waals surface area contributed by atoms with Gasteiger partial charge in [0.15, 0.2) is 0 Å². The van der Waals surface area contributed by atoms with Crippen LogP contribution < -0.4 is 0 Å². The van der Waals surface area contributed by atoms with Crippen molar-refractivity contribution in [3.05, 3.63) is 35.4 Å². The third-order valence-electron chi connectivity index (χ3n) is 3.62. The molecule has 1 aromatic rings. The van der Waals surface area contributed by atoms with Crippen molar-refractivity contribution in [1.82, 2.24) is 4.90 Å². The molecule has 1 fully saturated rings. The van der Waals surface area contributed by atoms with Crippen molar-refractivity contribution in [3.63, 3.8) is 0 Å². The quantitative estimate of drug-likeness (QED) is 0.874. The zero-order chi connectivity index (χ0) is 13.0. The van der Waals surface area contributed by atoms with Gasteiger partial charge in [-0.2, -0.15) is 0 Å². The summed E-state index contributed by atoms with van der Waals surface area (Å²) in [6.07, 6.45) is 3.76. The van der Waals surface area contributed by atoms with Crippen LogP contribution in [-0.2, 0) is 6.54 Å². The standard InChI is InChI=1S/C14H19F2NO/c15-13-6-1-7-14(16)12(13)10-17-8-2-4-11(17)5-3-9-18/h1,6-7,11,18H,2-5,8-10H2. The van der Waals surface area contributed by atoms with Crippen molar-refractivity contribution < 1.29 is 13.9 Å². The molecule has 1 N–H and O–H groups in total. The molecule has 1 aliphatic rings. The van der Waals surface area contributed by atoms with Crippen LogP contribution in [0.25, 0.3) is 0 Å². The van der Waals surface area contributed by atoms with E-state index >= 15 is 0 Å². The molecule has 0 spiro atoms. The van der Waals surface area contributed by atoms with Crippen LogP contribution in [0.5, 0.6) is 0 Å². The molecular formula is C14H19F2NO. The second-order valence-corrected chi connectivity index (χ2v) is 4.83. The average Bonchev–Trinajstić information content (AvgIpc) is 2.79. The van der Waals surface area contributed by atoms with Crippen LogP contribution >= 0.6 is 0 Å². The Kier molecular flexibility index (Phi) is 4.66. The highest BCUT2D eigenvalue weighted by molar-refractivity contribution is 5.19. The van der Waals surface area contributed by atoms with Crippen LogP contribution in [0.3, 0.4) is 0 Å². The van der Waals surface area contributed by atoms with Gasteiger partial charge in [-0.25, -0.2) is 8.78 Å². The molecule has 0 aliphatic carbocycles. The van der Waals surface area contributed by atoms with Crippen molar-refractivity contribution in [2.24, 2.45) is 0 Å². The number of benzene rings is 1. The number of rotatable bonds is 5. The van der Waals surface area contributed by atoms with E-state index in [1.807, 2.05) is 0 Å². The molecular weight excluding hydrogens is 236 g/mol. The third kappa shape index (κ3) is 3.06. The smallest absolute Gasteiger partial charge is 0.130 e. The lowest BCUT2D eigenvalue weighted by atomic mass is 10.1. The average molecular weight is 255 g/mol. The SMILES string of the molecule is OCCCC1CCCN1Cc1c(F)cccc1F. The zero-order valence-electron chi connectivity index (χ0n) is 10.4. The molecule has 0 saturated carbocycles. The molecule has 0 amide bonds. The van der Waals surface area contributed by atoms with Gasteiger partial charge in [0.1, 0.15) is 11.6 Å². The van der Waals surface area contributed by atoms with Crippen LogP contribution in [0.15, 0.2) is 18.2 Å². The van der Waals surface area contributed by atoms with E-state index in [1.54, 1.807) is 0 Å². The molecule has 1 unspecified atom stereocenters. The number of hydrogen-bond donors (Lipinski definition) is 1. The number of halogens is 2. The molecule has 4 heteroatoms. The summed E-state index contributed by atoms with van der Waals surface area (Å²) < 4.78 is 27.2. The first-order valence-electron chi connectivity index (χ1n) is 6.50. The van der Waals surface area contributed by atoms with Crippen molar-refractivity contribution >= 4 is 0 Å². The minimum Gasteiger partial charge on any atom is -0.396 e. The summed E-state index contributed by atoms with van der Waals surface area (Å²) in [5.41, 5.74) is 0.161. The lowest BCUT2D eigenvalue weighted by Crippen LogP contribution is -2.29. The van der Waals surface area contributed by atoms with Gasteiger partial charge in [0.2, 0.25) is 0 Å². The summed E-state index contributed by atoms with van der Waals surface area (Å²) >= 11 is 0. The number of nitrogens with zero attached hydrogens (tertiary/aromatic N) is 1. The number of hydrogen-bond acceptors (Lipinski definition) is 2. The molecule has 18 heavy (non-hydrogen) atoms. The maximum atomic E-state index is 13.6. The van der Waals surface area contributed by atoms with Crippen LogP contribution in [0.2, 0.25) is 0 Å². The molecule has 0 aromatic heterocycles. The fourth-order valence-electron chi connectivity index (χ4n) is 2.64. The summed E-state index contributed by atoms with van der Waals surface area (Å²) in [4.78, 5) is 2.12. The third-order valence-corrected chi connectivity index (χ3v) is 3.62. The van der Waals surface area contributed by atoms with Crippen molar-refractivity contribution in [2.45, 2.75) is 38.3 Å². The molecule has 1 atom stereocenters. The van der Waals surface area contributed by atoms with E-state index in [4.69, 9.17) is 5.11 Å². The summed E-state index contributed by atoms with van der Waals surface area (Å²) in [6, 6.07) is 4.34. The number of likely N-dealkylation sites (tertiary alicyclic amines) is 1. The first-order valence-corrected chi connectivity index (χ1v) is 6.50. The molecule has 1 aromatic carbocycles. The van der Waals surface area contributed by atoms with Crippen LogP contribution in [-0.4, -0.2) is 29.2 Å². The topological polar surface area (TPSA) is 23.5 Å². The normalized spacial score (nSPS) is 20.5. The van der Waals surface area contributed by atoms with E-state index < -0.39 is 11.6 Å².